The molecule has 2 amide bonds. The van der Waals surface area contributed by atoms with E-state index in [1.807, 2.05) is 6.92 Å². The first-order chi connectivity index (χ1) is 11.4. The van der Waals surface area contributed by atoms with E-state index >= 15 is 0 Å². The van der Waals surface area contributed by atoms with Crippen LogP contribution in [0, 0.1) is 0 Å². The Morgan fingerprint density at radius 3 is 2.71 bits per heavy atom. The van der Waals surface area contributed by atoms with Crippen LogP contribution in [0.3, 0.4) is 0 Å². The van der Waals surface area contributed by atoms with Crippen molar-refractivity contribution in [2.45, 2.75) is 30.7 Å². The average molecular weight is 371 g/mol. The zero-order chi connectivity index (χ0) is 17.5. The van der Waals surface area contributed by atoms with E-state index in [0.717, 1.165) is 6.42 Å². The number of thioether (sulfide) groups is 1. The van der Waals surface area contributed by atoms with Crippen LogP contribution in [-0.2, 0) is 9.59 Å². The van der Waals surface area contributed by atoms with E-state index < -0.39 is 6.04 Å². The molecule has 8 heteroatoms. The van der Waals surface area contributed by atoms with Crippen molar-refractivity contribution in [3.8, 4) is 11.5 Å². The van der Waals surface area contributed by atoms with Crippen LogP contribution in [0.2, 0.25) is 5.02 Å². The van der Waals surface area contributed by atoms with E-state index in [1.165, 1.54) is 14.2 Å². The van der Waals surface area contributed by atoms with Crippen LogP contribution in [0.25, 0.3) is 0 Å². The summed E-state index contributed by atoms with van der Waals surface area (Å²) in [5.74, 6) is 1.33. The van der Waals surface area contributed by atoms with Gasteiger partial charge in [0.2, 0.25) is 11.8 Å². The van der Waals surface area contributed by atoms with Gasteiger partial charge in [0.15, 0.2) is 11.5 Å². The number of nitrogens with zero attached hydrogens (tertiary/aromatic N) is 1. The molecule has 0 saturated carbocycles. The van der Waals surface area contributed by atoms with Gasteiger partial charge in [-0.2, -0.15) is 0 Å². The highest BCUT2D eigenvalue weighted by atomic mass is 35.5. The van der Waals surface area contributed by atoms with E-state index in [0.29, 0.717) is 34.4 Å². The van der Waals surface area contributed by atoms with E-state index in [9.17, 15) is 9.59 Å². The molecule has 0 radical (unpaired) electrons. The number of nitrogens with one attached hydrogen (secondary N) is 1. The summed E-state index contributed by atoms with van der Waals surface area (Å²) >= 11 is 7.87. The lowest BCUT2D eigenvalue weighted by molar-refractivity contribution is -0.135. The minimum Gasteiger partial charge on any atom is -0.493 e. The molecule has 2 saturated heterocycles. The van der Waals surface area contributed by atoms with Gasteiger partial charge >= 0.3 is 0 Å². The zero-order valence-corrected chi connectivity index (χ0v) is 15.3. The Morgan fingerprint density at radius 2 is 2.04 bits per heavy atom. The van der Waals surface area contributed by atoms with E-state index in [4.69, 9.17) is 21.1 Å². The summed E-state index contributed by atoms with van der Waals surface area (Å²) in [7, 11) is 3.03. The molecule has 2 atom stereocenters. The van der Waals surface area contributed by atoms with Crippen molar-refractivity contribution in [2.75, 3.05) is 25.3 Å². The highest BCUT2D eigenvalue weighted by molar-refractivity contribution is 8.01. The molecule has 1 aromatic carbocycles. The molecule has 24 heavy (non-hydrogen) atoms. The van der Waals surface area contributed by atoms with Crippen LogP contribution < -0.4 is 14.8 Å². The molecule has 0 bridgehead atoms. The van der Waals surface area contributed by atoms with Gasteiger partial charge in [-0.15, -0.1) is 11.8 Å². The molecular weight excluding hydrogens is 352 g/mol. The maximum absolute atomic E-state index is 12.7. The summed E-state index contributed by atoms with van der Waals surface area (Å²) in [5, 5.41) is 3.16. The third kappa shape index (κ3) is 2.80. The smallest absolute Gasteiger partial charge is 0.248 e. The third-order valence-corrected chi connectivity index (χ3v) is 6.30. The lowest BCUT2D eigenvalue weighted by atomic mass is 10.2. The second-order valence-electron chi connectivity index (χ2n) is 5.94. The number of carbonyl (C=O) groups excluding carboxylic acids is 2. The van der Waals surface area contributed by atoms with Crippen LogP contribution in [-0.4, -0.2) is 47.6 Å². The van der Waals surface area contributed by atoms with E-state index in [2.05, 4.69) is 5.32 Å². The maximum atomic E-state index is 12.7. The quantitative estimate of drug-likeness (QED) is 0.882. The second kappa shape index (κ2) is 6.37. The van der Waals surface area contributed by atoms with Crippen molar-refractivity contribution in [3.05, 3.63) is 17.2 Å². The van der Waals surface area contributed by atoms with Gasteiger partial charge in [-0.05, 0) is 13.3 Å². The maximum Gasteiger partial charge on any atom is 0.248 e. The van der Waals surface area contributed by atoms with Gasteiger partial charge < -0.3 is 19.7 Å². The SMILES string of the molecule is COc1cc(Cl)c(NC(=O)[C@@H]2CS[C@@]3(C)CCC(=O)N23)cc1OC. The van der Waals surface area contributed by atoms with Crippen LogP contribution >= 0.6 is 23.4 Å². The Hall–Kier alpha value is -1.60. The lowest BCUT2D eigenvalue weighted by Gasteiger charge is -2.30. The summed E-state index contributed by atoms with van der Waals surface area (Å²) in [6, 6.07) is 2.72. The first kappa shape index (κ1) is 17.2. The summed E-state index contributed by atoms with van der Waals surface area (Å²) in [4.78, 5) is 26.3. The van der Waals surface area contributed by atoms with Gasteiger partial charge in [0.25, 0.3) is 0 Å². The van der Waals surface area contributed by atoms with Crippen molar-refractivity contribution in [3.63, 3.8) is 0 Å². The van der Waals surface area contributed by atoms with Crippen molar-refractivity contribution < 1.29 is 19.1 Å². The Bertz CT molecular complexity index is 699. The normalized spacial score (nSPS) is 25.6. The van der Waals surface area contributed by atoms with Crippen LogP contribution in [0.4, 0.5) is 5.69 Å². The molecule has 6 nitrogen and oxygen atoms in total. The largest absolute Gasteiger partial charge is 0.493 e. The number of rotatable bonds is 4. The molecule has 1 aromatic rings. The first-order valence-electron chi connectivity index (χ1n) is 7.58. The molecule has 2 aliphatic rings. The number of hydrogen-bond donors (Lipinski definition) is 1. The molecule has 2 heterocycles. The Kier molecular flexibility index (Phi) is 4.57. The van der Waals surface area contributed by atoms with Gasteiger partial charge in [0, 0.05) is 24.3 Å². The Labute approximate surface area is 149 Å². The topological polar surface area (TPSA) is 67.9 Å². The van der Waals surface area contributed by atoms with Gasteiger partial charge in [-0.3, -0.25) is 9.59 Å². The fraction of sp³-hybridized carbons (Fsp3) is 0.500. The molecular formula is C16H19ClN2O4S. The number of benzene rings is 1. The van der Waals surface area contributed by atoms with Crippen LogP contribution in [0.1, 0.15) is 19.8 Å². The molecule has 0 unspecified atom stereocenters. The number of ether oxygens (including phenoxy) is 2. The zero-order valence-electron chi connectivity index (χ0n) is 13.7. The first-order valence-corrected chi connectivity index (χ1v) is 8.94. The van der Waals surface area contributed by atoms with Gasteiger partial charge in [-0.1, -0.05) is 11.6 Å². The van der Waals surface area contributed by atoms with Crippen LogP contribution in [0.15, 0.2) is 12.1 Å². The lowest BCUT2D eigenvalue weighted by Crippen LogP contribution is -2.48. The second-order valence-corrected chi connectivity index (χ2v) is 7.85. The molecule has 1 N–H and O–H groups in total. The predicted octanol–water partition coefficient (Wildman–Crippen LogP) is 2.75. The standard InChI is InChI=1S/C16H19ClN2O4S/c1-16-5-4-14(20)19(16)11(8-24-16)15(21)18-10-7-13(23-3)12(22-2)6-9(10)17/h6-7,11H,4-5,8H2,1-3H3,(H,18,21)/t11-,16-/m0/s1. The average Bonchev–Trinajstić information content (AvgIpc) is 3.05. The summed E-state index contributed by atoms with van der Waals surface area (Å²) in [5.41, 5.74) is 0.435. The summed E-state index contributed by atoms with van der Waals surface area (Å²) < 4.78 is 10.4. The van der Waals surface area contributed by atoms with Crippen molar-refractivity contribution >= 4 is 40.9 Å². The number of fused-ring (bicyclic) bond motifs is 1. The monoisotopic (exact) mass is 370 g/mol. The fourth-order valence-corrected chi connectivity index (χ4v) is 4.81. The number of anilines is 1. The van der Waals surface area contributed by atoms with E-state index in [-0.39, 0.29) is 16.7 Å². The molecule has 3 rings (SSSR count). The molecule has 0 spiro atoms. The number of amides is 2. The number of methoxy groups -OCH3 is 2. The number of hydrogen-bond acceptors (Lipinski definition) is 5. The third-order valence-electron chi connectivity index (χ3n) is 4.48. The minimum absolute atomic E-state index is 0.0288. The molecule has 0 aromatic heterocycles. The van der Waals surface area contributed by atoms with Crippen molar-refractivity contribution in [2.24, 2.45) is 0 Å². The predicted molar refractivity (Wildman–Crippen MR) is 93.9 cm³/mol. The number of halogens is 1. The summed E-state index contributed by atoms with van der Waals surface area (Å²) in [6.45, 7) is 2.01. The molecule has 130 valence electrons. The summed E-state index contributed by atoms with van der Waals surface area (Å²) in [6.07, 6.45) is 1.27. The van der Waals surface area contributed by atoms with Gasteiger partial charge in [-0.25, -0.2) is 0 Å². The minimum atomic E-state index is -0.487. The fourth-order valence-electron chi connectivity index (χ4n) is 3.18. The highest BCUT2D eigenvalue weighted by Gasteiger charge is 2.52. The van der Waals surface area contributed by atoms with Crippen molar-refractivity contribution in [1.29, 1.82) is 0 Å². The van der Waals surface area contributed by atoms with Gasteiger partial charge in [0.05, 0.1) is 29.8 Å². The number of carbonyl (C=O) groups is 2. The molecule has 2 fully saturated rings. The van der Waals surface area contributed by atoms with Crippen LogP contribution in [0.5, 0.6) is 11.5 Å². The van der Waals surface area contributed by atoms with Gasteiger partial charge in [0.1, 0.15) is 6.04 Å². The van der Waals surface area contributed by atoms with Crippen molar-refractivity contribution in [1.82, 2.24) is 4.90 Å². The Morgan fingerprint density at radius 1 is 1.38 bits per heavy atom. The van der Waals surface area contributed by atoms with E-state index in [1.54, 1.807) is 28.8 Å². The molecule has 2 aliphatic heterocycles. The Balaban J connectivity index is 1.82. The molecule has 0 aliphatic carbocycles. The highest BCUT2D eigenvalue weighted by Crippen LogP contribution is 2.47.